The molecule has 0 saturated carbocycles. The van der Waals surface area contributed by atoms with Crippen molar-refractivity contribution in [2.45, 2.75) is 13.8 Å². The molecular weight excluding hydrogens is 250 g/mol. The summed E-state index contributed by atoms with van der Waals surface area (Å²) in [7, 11) is 0. The molecule has 0 unspecified atom stereocenters. The predicted molar refractivity (Wildman–Crippen MR) is 70.9 cm³/mol. The van der Waals surface area contributed by atoms with Gasteiger partial charge in [0.1, 0.15) is 0 Å². The summed E-state index contributed by atoms with van der Waals surface area (Å²) in [5.41, 5.74) is 2.69. The Labute approximate surface area is 110 Å². The van der Waals surface area contributed by atoms with Gasteiger partial charge in [0.05, 0.1) is 22.0 Å². The van der Waals surface area contributed by atoms with Gasteiger partial charge in [-0.25, -0.2) is 0 Å². The van der Waals surface area contributed by atoms with Crippen molar-refractivity contribution in [1.29, 1.82) is 0 Å². The zero-order chi connectivity index (χ0) is 13.1. The molecule has 2 aromatic heterocycles. The first kappa shape index (κ1) is 12.5. The van der Waals surface area contributed by atoms with E-state index < -0.39 is 0 Å². The topological polar surface area (TPSA) is 54.9 Å². The highest BCUT2D eigenvalue weighted by molar-refractivity contribution is 6.34. The van der Waals surface area contributed by atoms with Crippen molar-refractivity contribution in [3.8, 4) is 0 Å². The summed E-state index contributed by atoms with van der Waals surface area (Å²) < 4.78 is 0. The van der Waals surface area contributed by atoms with Crippen molar-refractivity contribution in [3.05, 3.63) is 52.6 Å². The van der Waals surface area contributed by atoms with Gasteiger partial charge in [0.15, 0.2) is 0 Å². The van der Waals surface area contributed by atoms with Crippen LogP contribution in [0, 0.1) is 13.8 Å². The van der Waals surface area contributed by atoms with E-state index in [0.29, 0.717) is 16.3 Å². The Hall–Kier alpha value is -1.94. The first-order valence-corrected chi connectivity index (χ1v) is 5.81. The molecule has 0 saturated heterocycles. The number of hydrogen-bond acceptors (Lipinski definition) is 3. The Bertz CT molecular complexity index is 599. The number of carbonyl (C=O) groups excluding carboxylic acids is 1. The second kappa shape index (κ2) is 5.14. The Kier molecular flexibility index (Phi) is 3.58. The van der Waals surface area contributed by atoms with E-state index in [2.05, 4.69) is 15.3 Å². The standard InChI is InChI=1S/C13H12ClN3O/c1-8-3-4-12(9(2)16-8)17-13(18)10-7-15-6-5-11(10)14/h3-7H,1-2H3,(H,17,18). The van der Waals surface area contributed by atoms with E-state index in [9.17, 15) is 4.79 Å². The quantitative estimate of drug-likeness (QED) is 0.904. The predicted octanol–water partition coefficient (Wildman–Crippen LogP) is 3.00. The summed E-state index contributed by atoms with van der Waals surface area (Å²) in [5, 5.41) is 3.14. The Morgan fingerprint density at radius 2 is 2.06 bits per heavy atom. The van der Waals surface area contributed by atoms with Gasteiger partial charge in [0, 0.05) is 18.1 Å². The number of hydrogen-bond donors (Lipinski definition) is 1. The zero-order valence-electron chi connectivity index (χ0n) is 10.1. The van der Waals surface area contributed by atoms with Crippen LogP contribution in [0.1, 0.15) is 21.7 Å². The minimum absolute atomic E-state index is 0.290. The molecule has 0 fully saturated rings. The van der Waals surface area contributed by atoms with E-state index in [1.54, 1.807) is 6.07 Å². The lowest BCUT2D eigenvalue weighted by Crippen LogP contribution is -2.14. The van der Waals surface area contributed by atoms with Crippen LogP contribution < -0.4 is 5.32 Å². The lowest BCUT2D eigenvalue weighted by Gasteiger charge is -2.08. The van der Waals surface area contributed by atoms with Gasteiger partial charge in [0.2, 0.25) is 0 Å². The van der Waals surface area contributed by atoms with E-state index in [4.69, 9.17) is 11.6 Å². The summed E-state index contributed by atoms with van der Waals surface area (Å²) >= 11 is 5.93. The number of halogens is 1. The van der Waals surface area contributed by atoms with Gasteiger partial charge in [0.25, 0.3) is 5.91 Å². The van der Waals surface area contributed by atoms with Gasteiger partial charge in [-0.3, -0.25) is 14.8 Å². The highest BCUT2D eigenvalue weighted by Crippen LogP contribution is 2.17. The molecule has 0 aliphatic rings. The summed E-state index contributed by atoms with van der Waals surface area (Å²) in [6, 6.07) is 5.24. The molecular formula is C13H12ClN3O. The van der Waals surface area contributed by atoms with E-state index >= 15 is 0 Å². The SMILES string of the molecule is Cc1ccc(NC(=O)c2cnccc2Cl)c(C)n1. The number of anilines is 1. The third-order valence-corrected chi connectivity index (χ3v) is 2.82. The van der Waals surface area contributed by atoms with Crippen LogP contribution in [-0.4, -0.2) is 15.9 Å². The average Bonchev–Trinajstić information content (AvgIpc) is 2.33. The molecule has 0 bridgehead atoms. The van der Waals surface area contributed by atoms with E-state index in [-0.39, 0.29) is 5.91 Å². The minimum atomic E-state index is -0.290. The third-order valence-electron chi connectivity index (χ3n) is 2.49. The monoisotopic (exact) mass is 261 g/mol. The van der Waals surface area contributed by atoms with Crippen molar-refractivity contribution < 1.29 is 4.79 Å². The molecule has 1 amide bonds. The molecule has 4 nitrogen and oxygen atoms in total. The normalized spacial score (nSPS) is 10.2. The second-order valence-corrected chi connectivity index (χ2v) is 4.30. The highest BCUT2D eigenvalue weighted by atomic mass is 35.5. The van der Waals surface area contributed by atoms with Crippen LogP contribution in [0.25, 0.3) is 0 Å². The summed E-state index contributed by atoms with van der Waals surface area (Å²) in [4.78, 5) is 20.2. The number of nitrogens with one attached hydrogen (secondary N) is 1. The third kappa shape index (κ3) is 2.65. The van der Waals surface area contributed by atoms with Crippen LogP contribution in [0.15, 0.2) is 30.6 Å². The Morgan fingerprint density at radius 3 is 2.72 bits per heavy atom. The first-order valence-electron chi connectivity index (χ1n) is 5.43. The van der Waals surface area contributed by atoms with Crippen LogP contribution in [0.2, 0.25) is 5.02 Å². The number of carbonyl (C=O) groups is 1. The van der Waals surface area contributed by atoms with Crippen LogP contribution in [-0.2, 0) is 0 Å². The fourth-order valence-corrected chi connectivity index (χ4v) is 1.74. The largest absolute Gasteiger partial charge is 0.320 e. The van der Waals surface area contributed by atoms with Gasteiger partial charge >= 0.3 is 0 Å². The van der Waals surface area contributed by atoms with Gasteiger partial charge in [-0.15, -0.1) is 0 Å². The smallest absolute Gasteiger partial charge is 0.258 e. The number of nitrogens with zero attached hydrogens (tertiary/aromatic N) is 2. The molecule has 1 N–H and O–H groups in total. The van der Waals surface area contributed by atoms with Gasteiger partial charge in [-0.1, -0.05) is 11.6 Å². The van der Waals surface area contributed by atoms with Crippen molar-refractivity contribution >= 4 is 23.2 Å². The molecule has 5 heteroatoms. The first-order chi connectivity index (χ1) is 8.58. The average molecular weight is 262 g/mol. The maximum absolute atomic E-state index is 12.0. The second-order valence-electron chi connectivity index (χ2n) is 3.90. The number of amides is 1. The summed E-state index contributed by atoms with van der Waals surface area (Å²) in [5.74, 6) is -0.290. The molecule has 0 aliphatic heterocycles. The zero-order valence-corrected chi connectivity index (χ0v) is 10.8. The molecule has 0 aliphatic carbocycles. The summed E-state index contributed by atoms with van der Waals surface area (Å²) in [6.07, 6.45) is 2.98. The molecule has 2 heterocycles. The van der Waals surface area contributed by atoms with Crippen LogP contribution >= 0.6 is 11.6 Å². The molecule has 0 aromatic carbocycles. The molecule has 92 valence electrons. The Balaban J connectivity index is 2.24. The molecule has 0 radical (unpaired) electrons. The lowest BCUT2D eigenvalue weighted by molar-refractivity contribution is 0.102. The number of aryl methyl sites for hydroxylation is 2. The molecule has 2 rings (SSSR count). The van der Waals surface area contributed by atoms with Crippen LogP contribution in [0.3, 0.4) is 0 Å². The highest BCUT2D eigenvalue weighted by Gasteiger charge is 2.11. The molecule has 2 aromatic rings. The van der Waals surface area contributed by atoms with Crippen molar-refractivity contribution in [2.24, 2.45) is 0 Å². The van der Waals surface area contributed by atoms with E-state index in [0.717, 1.165) is 11.4 Å². The van der Waals surface area contributed by atoms with Crippen LogP contribution in [0.5, 0.6) is 0 Å². The number of rotatable bonds is 2. The van der Waals surface area contributed by atoms with Gasteiger partial charge in [-0.2, -0.15) is 0 Å². The maximum Gasteiger partial charge on any atom is 0.258 e. The van der Waals surface area contributed by atoms with Crippen molar-refractivity contribution in [2.75, 3.05) is 5.32 Å². The minimum Gasteiger partial charge on any atom is -0.320 e. The molecule has 0 atom stereocenters. The van der Waals surface area contributed by atoms with Crippen molar-refractivity contribution in [3.63, 3.8) is 0 Å². The molecule has 0 spiro atoms. The Morgan fingerprint density at radius 1 is 1.28 bits per heavy atom. The summed E-state index contributed by atoms with van der Waals surface area (Å²) in [6.45, 7) is 3.74. The van der Waals surface area contributed by atoms with E-state index in [1.165, 1.54) is 12.4 Å². The molecule has 18 heavy (non-hydrogen) atoms. The number of aromatic nitrogens is 2. The fraction of sp³-hybridized carbons (Fsp3) is 0.154. The van der Waals surface area contributed by atoms with Crippen molar-refractivity contribution in [1.82, 2.24) is 9.97 Å². The lowest BCUT2D eigenvalue weighted by atomic mass is 10.2. The number of pyridine rings is 2. The van der Waals surface area contributed by atoms with E-state index in [1.807, 2.05) is 26.0 Å². The van der Waals surface area contributed by atoms with Crippen LogP contribution in [0.4, 0.5) is 5.69 Å². The van der Waals surface area contributed by atoms with Gasteiger partial charge < -0.3 is 5.32 Å². The van der Waals surface area contributed by atoms with Gasteiger partial charge in [-0.05, 0) is 32.0 Å². The fourth-order valence-electron chi connectivity index (χ4n) is 1.55. The maximum atomic E-state index is 12.0.